The minimum absolute atomic E-state index is 0.0245. The van der Waals surface area contributed by atoms with Gasteiger partial charge in [-0.2, -0.15) is 44.1 Å². The number of carbonyl (C=O) groups excluding carboxylic acids is 8. The van der Waals surface area contributed by atoms with Gasteiger partial charge in [-0.1, -0.05) is 60.7 Å². The van der Waals surface area contributed by atoms with Crippen LogP contribution in [0.2, 0.25) is 0 Å². The van der Waals surface area contributed by atoms with Crippen molar-refractivity contribution in [2.24, 2.45) is 46.6 Å². The second-order valence-electron chi connectivity index (χ2n) is 34.7. The predicted molar refractivity (Wildman–Crippen MR) is 478 cm³/mol. The molecule has 8 fully saturated rings. The van der Waals surface area contributed by atoms with Crippen molar-refractivity contribution in [3.63, 3.8) is 0 Å². The van der Waals surface area contributed by atoms with Crippen LogP contribution in [0.4, 0.5) is 42.1 Å². The number of likely N-dealkylation sites (tertiary alicyclic amines) is 4. The number of rotatable bonds is 29. The van der Waals surface area contributed by atoms with Gasteiger partial charge in [0.2, 0.25) is 49.8 Å². The molecule has 39 heteroatoms. The summed E-state index contributed by atoms with van der Waals surface area (Å²) in [5, 5.41) is 47.0. The second kappa shape index (κ2) is 41.5. The summed E-state index contributed by atoms with van der Waals surface area (Å²) >= 11 is -0.135. The topological polar surface area (TPSA) is 442 Å². The Balaban J connectivity index is 0.000000149. The molecule has 4 saturated heterocycles. The van der Waals surface area contributed by atoms with E-state index >= 15 is 0 Å². The number of nitrogens with one attached hydrogen (secondary N) is 4. The number of alkyl halides is 3. The maximum Gasteiger partial charge on any atom is 0.446 e. The largest absolute Gasteiger partial charge is 0.446 e. The van der Waals surface area contributed by atoms with Gasteiger partial charge in [0, 0.05) is 132 Å². The number of benzene rings is 4. The van der Waals surface area contributed by atoms with Crippen molar-refractivity contribution < 1.29 is 51.5 Å². The molecular weight excluding hydrogens is 1700 g/mol. The molecule has 4 aliphatic heterocycles. The molecule has 0 bridgehead atoms. The number of anilines is 4. The zero-order chi connectivity index (χ0) is 93.4. The summed E-state index contributed by atoms with van der Waals surface area (Å²) in [7, 11) is 0. The Hall–Kier alpha value is -14.1. The number of amides is 8. The zero-order valence-electron chi connectivity index (χ0n) is 72.1. The van der Waals surface area contributed by atoms with Crippen molar-refractivity contribution in [2.75, 3.05) is 99.8 Å². The molecule has 4 saturated carbocycles. The Morgan fingerprint density at radius 2 is 0.710 bits per heavy atom. The van der Waals surface area contributed by atoms with Crippen LogP contribution in [0.5, 0.6) is 0 Å². The van der Waals surface area contributed by atoms with E-state index in [-0.39, 0.29) is 136 Å². The molecule has 0 radical (unpaired) electrons. The van der Waals surface area contributed by atoms with Gasteiger partial charge >= 0.3 is 5.51 Å². The third kappa shape index (κ3) is 24.1. The van der Waals surface area contributed by atoms with Gasteiger partial charge in [-0.25, -0.2) is 31.1 Å². The lowest BCUT2D eigenvalue weighted by molar-refractivity contribution is -0.118. The molecule has 35 nitrogen and oxygen atoms in total. The van der Waals surface area contributed by atoms with Gasteiger partial charge in [-0.15, -0.1) is 0 Å². The van der Waals surface area contributed by atoms with Crippen LogP contribution >= 0.6 is 11.8 Å². The average molecular weight is 1800 g/mol. The molecular formula is C92H100F3N27O8S. The SMILES string of the molecule is [C-]#[N+]CC1(n2cc(C(N)=O)c(NC(=O)C3CC3)n2)CCN(Cc2ccc(C#N)cc2)CC1.[C-]#[N+]CC1(n2cc(C(N)=O)c(NC(=O)C3CC3)n2)CCN(Cc2cccc(C#N)c2)CC1.[C-]#[N+]CC1(n2cc(C(N)=O)c(NC(=O)C3CC3)n2)CCN(Cc2cccc(SC(F)(F)F)c2)CC1.[C-]#[N+]CC1(n2cc(C(N)=O)c(NC(=O)C3CC3)n2)CCN(Cc2ccccc2[N+]#[C-])CC1. The molecule has 8 amide bonds. The lowest BCUT2D eigenvalue weighted by atomic mass is 9.87. The van der Waals surface area contributed by atoms with E-state index in [1.54, 1.807) is 61.6 Å². The van der Waals surface area contributed by atoms with Crippen LogP contribution in [0.1, 0.15) is 178 Å². The molecule has 4 aromatic carbocycles. The number of piperidine rings is 4. The zero-order valence-corrected chi connectivity index (χ0v) is 72.9. The number of hydrogen-bond donors (Lipinski definition) is 8. The molecule has 8 heterocycles. The molecule has 16 rings (SSSR count). The third-order valence-electron chi connectivity index (χ3n) is 25.3. The molecule has 8 aromatic rings. The standard InChI is InChI=1S/C23H25F3N6O2S.3C23H25N7O2/c1-28-14-22(32-13-18(19(27)33)20(30-32)29-21(34)16-5-6-16)7-9-31(10-8-22)12-15-3-2-4-17(11-15)35-23(24,25)26;1-25-15-23(9-11-29(12-10-23)13-17-5-3-4-6-19(17)26-2)30-14-18(20(24)31)21(28-30)27-22(32)16-7-8-16;1-26-15-23(8-10-29(11-9-23)13-17-4-2-16(12-24)3-5-17)30-14-19(20(25)31)21(28-30)27-22(32)18-6-7-18;1-26-15-23(7-9-29(10-8-23)13-17-4-2-3-16(11-17)12-24)30-14-19(20(25)31)21(28-30)27-22(32)18-5-6-18/h2-4,11,13,16H,5-10,12,14H2,(H2,27,33)(H,29,30,34);3-6,14,16H,7-13,15H2,(H2,24,31)(H,27,28,32);2-5,14,18H,6-11,13,15H2,(H2,25,31)(H,27,28,32);2-4,11,14,18H,5-10,13,15H2,(H2,25,31)(H,27,28,32). The van der Waals surface area contributed by atoms with Crippen LogP contribution in [0.3, 0.4) is 0 Å². The fraction of sp³-hybridized carbons (Fsp3) is 0.446. The molecule has 4 aliphatic carbocycles. The number of carbonyl (C=O) groups is 8. The van der Waals surface area contributed by atoms with E-state index in [4.69, 9.17) is 66.3 Å². The summed E-state index contributed by atoms with van der Waals surface area (Å²) in [5.74, 6) is -2.83. The van der Waals surface area contributed by atoms with E-state index in [0.29, 0.717) is 94.4 Å². The van der Waals surface area contributed by atoms with Gasteiger partial charge in [-0.05, 0) is 173 Å². The number of primary amides is 4. The predicted octanol–water partition coefficient (Wildman–Crippen LogP) is 10.9. The van der Waals surface area contributed by atoms with Gasteiger partial charge < -0.3 is 68.5 Å². The van der Waals surface area contributed by atoms with Gasteiger partial charge in [-0.3, -0.25) is 71.8 Å². The Labute approximate surface area is 759 Å². The average Bonchev–Trinajstić information content (AvgIpc) is 1.65. The summed E-state index contributed by atoms with van der Waals surface area (Å²) < 4.78 is 44.7. The normalized spacial score (nSPS) is 17.9. The Kier molecular flexibility index (Phi) is 30.0. The minimum atomic E-state index is -4.34. The quantitative estimate of drug-likeness (QED) is 0.0159. The number of halogens is 3. The van der Waals surface area contributed by atoms with Crippen LogP contribution in [0, 0.1) is 79.2 Å². The van der Waals surface area contributed by atoms with E-state index in [2.05, 4.69) is 97.6 Å². The maximum atomic E-state index is 12.7. The first-order valence-corrected chi connectivity index (χ1v) is 44.1. The number of aromatic nitrogens is 8. The molecule has 8 aliphatic rings. The van der Waals surface area contributed by atoms with Crippen molar-refractivity contribution in [2.45, 2.75) is 161 Å². The van der Waals surface area contributed by atoms with Crippen molar-refractivity contribution in [3.05, 3.63) is 235 Å². The van der Waals surface area contributed by atoms with Crippen molar-refractivity contribution in [1.29, 1.82) is 10.5 Å². The summed E-state index contributed by atoms with van der Waals surface area (Å²) in [6, 6.07) is 33.4. The Morgan fingerprint density at radius 1 is 0.405 bits per heavy atom. The number of thioether (sulfide) groups is 1. The van der Waals surface area contributed by atoms with Crippen LogP contribution < -0.4 is 44.2 Å². The van der Waals surface area contributed by atoms with Crippen LogP contribution in [0.25, 0.3) is 24.2 Å². The Bertz CT molecular complexity index is 5900. The van der Waals surface area contributed by atoms with Crippen molar-refractivity contribution in [1.82, 2.24) is 58.7 Å². The van der Waals surface area contributed by atoms with Crippen LogP contribution in [-0.4, -0.2) is 190 Å². The molecule has 678 valence electrons. The number of nitrogens with zero attached hydrogens (tertiary/aromatic N) is 19. The molecule has 0 atom stereocenters. The Morgan fingerprint density at radius 3 is 1.01 bits per heavy atom. The third-order valence-corrected chi connectivity index (χ3v) is 26.0. The van der Waals surface area contributed by atoms with Gasteiger partial charge in [0.05, 0.1) is 29.8 Å². The first-order chi connectivity index (χ1) is 62.9. The van der Waals surface area contributed by atoms with Gasteiger partial charge in [0.15, 0.2) is 29.0 Å². The van der Waals surface area contributed by atoms with Crippen LogP contribution in [-0.2, 0) is 67.5 Å². The summed E-state index contributed by atoms with van der Waals surface area (Å²) in [4.78, 5) is 124. The fourth-order valence-electron chi connectivity index (χ4n) is 16.8. The highest BCUT2D eigenvalue weighted by Gasteiger charge is 2.47. The minimum Gasteiger partial charge on any atom is -0.365 e. The number of hydrogen-bond acceptors (Lipinski definition) is 19. The molecule has 0 unspecified atom stereocenters. The van der Waals surface area contributed by atoms with Crippen LogP contribution in [0.15, 0.2) is 127 Å². The van der Waals surface area contributed by atoms with E-state index in [1.165, 1.54) is 12.3 Å². The van der Waals surface area contributed by atoms with Gasteiger partial charge in [0.1, 0.15) is 44.4 Å². The lowest BCUT2D eigenvalue weighted by Crippen LogP contribution is -2.48. The molecule has 12 N–H and O–H groups in total. The number of nitriles is 2. The fourth-order valence-corrected chi connectivity index (χ4v) is 17.4. The summed E-state index contributed by atoms with van der Waals surface area (Å²) in [6.45, 7) is 46.3. The number of nitrogens with two attached hydrogens (primary N) is 4. The molecule has 0 spiro atoms. The smallest absolute Gasteiger partial charge is 0.365 e. The monoisotopic (exact) mass is 1800 g/mol. The van der Waals surface area contributed by atoms with E-state index in [0.717, 1.165) is 126 Å². The summed E-state index contributed by atoms with van der Waals surface area (Å²) in [5.41, 5.74) is 21.9. The molecule has 131 heavy (non-hydrogen) atoms. The maximum absolute atomic E-state index is 12.7. The number of para-hydroxylation sites is 1. The highest BCUT2D eigenvalue weighted by atomic mass is 32.2. The lowest BCUT2D eigenvalue weighted by Gasteiger charge is -2.39. The summed E-state index contributed by atoms with van der Waals surface area (Å²) in [6.07, 6.45) is 18.0. The van der Waals surface area contributed by atoms with Crippen molar-refractivity contribution >= 4 is 88.0 Å². The molecule has 4 aromatic heterocycles. The highest BCUT2D eigenvalue weighted by Crippen LogP contribution is 2.42. The van der Waals surface area contributed by atoms with Gasteiger partial charge in [0.25, 0.3) is 23.6 Å². The first-order valence-electron chi connectivity index (χ1n) is 43.3. The highest BCUT2D eigenvalue weighted by molar-refractivity contribution is 8.00. The van der Waals surface area contributed by atoms with Crippen molar-refractivity contribution in [3.8, 4) is 12.1 Å². The van der Waals surface area contributed by atoms with E-state index in [9.17, 15) is 51.5 Å². The van der Waals surface area contributed by atoms with E-state index < -0.39 is 51.3 Å². The first kappa shape index (κ1) is 94.5. The van der Waals surface area contributed by atoms with E-state index in [1.807, 2.05) is 66.7 Å². The second-order valence-corrected chi connectivity index (χ2v) is 35.8.